The number of aliphatic hydroxyl groups is 2. The van der Waals surface area contributed by atoms with Crippen molar-refractivity contribution in [3.63, 3.8) is 0 Å². The van der Waals surface area contributed by atoms with E-state index in [0.29, 0.717) is 5.92 Å². The highest BCUT2D eigenvalue weighted by Crippen LogP contribution is 2.65. The Kier molecular flexibility index (Phi) is 4.99. The summed E-state index contributed by atoms with van der Waals surface area (Å²) in [7, 11) is 0. The fourth-order valence-electron chi connectivity index (χ4n) is 8.44. The Hall–Kier alpha value is -3.20. The molecule has 36 heavy (non-hydrogen) atoms. The molecule has 7 rings (SSSR count). The minimum Gasteiger partial charge on any atom is -0.395 e. The Labute approximate surface area is 213 Å². The first-order valence-corrected chi connectivity index (χ1v) is 13.4. The zero-order chi connectivity index (χ0) is 24.3. The van der Waals surface area contributed by atoms with E-state index in [2.05, 4.69) is 97.1 Å². The van der Waals surface area contributed by atoms with Crippen LogP contribution in [0.2, 0.25) is 0 Å². The molecule has 0 aromatic heterocycles. The zero-order valence-corrected chi connectivity index (χ0v) is 20.5. The van der Waals surface area contributed by atoms with E-state index in [1.165, 1.54) is 57.3 Å². The summed E-state index contributed by atoms with van der Waals surface area (Å²) in [6.45, 7) is 0.0442. The van der Waals surface area contributed by atoms with Crippen LogP contribution in [0.5, 0.6) is 0 Å². The van der Waals surface area contributed by atoms with Crippen LogP contribution >= 0.6 is 0 Å². The van der Waals surface area contributed by atoms with Crippen molar-refractivity contribution in [2.24, 2.45) is 11.8 Å². The summed E-state index contributed by atoms with van der Waals surface area (Å²) >= 11 is 0. The largest absolute Gasteiger partial charge is 0.395 e. The third-order valence-electron chi connectivity index (χ3n) is 9.64. The molecule has 0 atom stereocenters. The number of fused-ring (bicyclic) bond motifs is 6. The molecule has 0 saturated heterocycles. The van der Waals surface area contributed by atoms with E-state index in [-0.39, 0.29) is 19.1 Å². The number of rotatable bonds is 5. The second kappa shape index (κ2) is 8.16. The Morgan fingerprint density at radius 1 is 0.528 bits per heavy atom. The van der Waals surface area contributed by atoms with Crippen molar-refractivity contribution < 1.29 is 10.2 Å². The van der Waals surface area contributed by atoms with Crippen molar-refractivity contribution in [3.8, 4) is 22.3 Å². The van der Waals surface area contributed by atoms with Gasteiger partial charge >= 0.3 is 0 Å². The molecule has 0 aliphatic heterocycles. The molecule has 2 N–H and O–H groups in total. The van der Waals surface area contributed by atoms with Crippen LogP contribution in [0.15, 0.2) is 97.1 Å². The molecule has 0 radical (unpaired) electrons. The Morgan fingerprint density at radius 2 is 0.833 bits per heavy atom. The maximum Gasteiger partial charge on any atom is 0.0572 e. The highest BCUT2D eigenvalue weighted by Gasteiger charge is 2.61. The van der Waals surface area contributed by atoms with Crippen molar-refractivity contribution >= 4 is 0 Å². The summed E-state index contributed by atoms with van der Waals surface area (Å²) in [5.74, 6) is 0.403. The molecule has 1 fully saturated rings. The topological polar surface area (TPSA) is 40.5 Å². The van der Waals surface area contributed by atoms with Gasteiger partial charge in [-0.3, -0.25) is 0 Å². The summed E-state index contributed by atoms with van der Waals surface area (Å²) in [6, 6.07) is 34.6. The lowest BCUT2D eigenvalue weighted by atomic mass is 9.51. The van der Waals surface area contributed by atoms with Gasteiger partial charge in [-0.1, -0.05) is 123 Å². The van der Waals surface area contributed by atoms with Crippen molar-refractivity contribution in [1.29, 1.82) is 0 Å². The first-order chi connectivity index (χ1) is 17.8. The summed E-state index contributed by atoms with van der Waals surface area (Å²) in [5, 5.41) is 23.3. The van der Waals surface area contributed by atoms with Crippen LogP contribution in [-0.2, 0) is 10.8 Å². The maximum absolute atomic E-state index is 11.6. The molecule has 180 valence electrons. The van der Waals surface area contributed by atoms with Crippen LogP contribution in [0, 0.1) is 11.8 Å². The minimum atomic E-state index is -0.602. The molecule has 0 heterocycles. The van der Waals surface area contributed by atoms with Crippen molar-refractivity contribution in [3.05, 3.63) is 119 Å². The third kappa shape index (κ3) is 2.64. The van der Waals surface area contributed by atoms with E-state index < -0.39 is 10.8 Å². The van der Waals surface area contributed by atoms with Gasteiger partial charge in [-0.05, 0) is 56.3 Å². The Morgan fingerprint density at radius 3 is 1.14 bits per heavy atom. The SMILES string of the molecule is OCC1(C(C2CCCC2)C2(CO)c3ccccc3-c3ccccc32)c2ccccc2-c2ccccc21. The zero-order valence-electron chi connectivity index (χ0n) is 20.5. The molecule has 0 amide bonds. The quantitative estimate of drug-likeness (QED) is 0.339. The summed E-state index contributed by atoms with van der Waals surface area (Å²) in [5.41, 5.74) is 8.51. The fourth-order valence-corrected chi connectivity index (χ4v) is 8.44. The van der Waals surface area contributed by atoms with Gasteiger partial charge in [0.1, 0.15) is 0 Å². The van der Waals surface area contributed by atoms with Crippen LogP contribution < -0.4 is 0 Å². The number of hydrogen-bond acceptors (Lipinski definition) is 2. The predicted molar refractivity (Wildman–Crippen MR) is 145 cm³/mol. The van der Waals surface area contributed by atoms with Gasteiger partial charge < -0.3 is 10.2 Å². The molecule has 3 aliphatic carbocycles. The lowest BCUT2D eigenvalue weighted by Gasteiger charge is -2.51. The monoisotopic (exact) mass is 472 g/mol. The van der Waals surface area contributed by atoms with E-state index in [1.54, 1.807) is 0 Å². The van der Waals surface area contributed by atoms with Gasteiger partial charge in [0, 0.05) is 10.8 Å². The molecular formula is C34H32O2. The first kappa shape index (κ1) is 22.0. The van der Waals surface area contributed by atoms with Crippen LogP contribution in [0.1, 0.15) is 47.9 Å². The van der Waals surface area contributed by atoms with E-state index in [9.17, 15) is 10.2 Å². The van der Waals surface area contributed by atoms with Crippen LogP contribution in [0.25, 0.3) is 22.3 Å². The maximum atomic E-state index is 11.6. The lowest BCUT2D eigenvalue weighted by Crippen LogP contribution is -2.54. The second-order valence-electron chi connectivity index (χ2n) is 11.0. The van der Waals surface area contributed by atoms with Crippen molar-refractivity contribution in [1.82, 2.24) is 0 Å². The summed E-state index contributed by atoms with van der Waals surface area (Å²) < 4.78 is 0. The summed E-state index contributed by atoms with van der Waals surface area (Å²) in [4.78, 5) is 0. The van der Waals surface area contributed by atoms with E-state index in [1.807, 2.05) is 0 Å². The number of aliphatic hydroxyl groups excluding tert-OH is 2. The fraction of sp³-hybridized carbons (Fsp3) is 0.294. The van der Waals surface area contributed by atoms with Gasteiger partial charge in [0.25, 0.3) is 0 Å². The highest BCUT2D eigenvalue weighted by molar-refractivity contribution is 5.85. The molecule has 0 spiro atoms. The number of benzene rings is 4. The predicted octanol–water partition coefficient (Wildman–Crippen LogP) is 6.71. The highest BCUT2D eigenvalue weighted by atomic mass is 16.3. The van der Waals surface area contributed by atoms with E-state index in [0.717, 1.165) is 12.8 Å². The second-order valence-corrected chi connectivity index (χ2v) is 11.0. The molecule has 3 aliphatic rings. The van der Waals surface area contributed by atoms with Gasteiger partial charge in [-0.15, -0.1) is 0 Å². The molecular weight excluding hydrogens is 440 g/mol. The molecule has 4 aromatic carbocycles. The van der Waals surface area contributed by atoms with Gasteiger partial charge in [-0.25, -0.2) is 0 Å². The average Bonchev–Trinajstić information content (AvgIpc) is 3.64. The Balaban J connectivity index is 1.61. The number of hydrogen-bond donors (Lipinski definition) is 2. The first-order valence-electron chi connectivity index (χ1n) is 13.4. The molecule has 1 saturated carbocycles. The smallest absolute Gasteiger partial charge is 0.0572 e. The molecule has 2 heteroatoms. The van der Waals surface area contributed by atoms with Gasteiger partial charge in [0.2, 0.25) is 0 Å². The van der Waals surface area contributed by atoms with Crippen molar-refractivity contribution in [2.45, 2.75) is 36.5 Å². The third-order valence-corrected chi connectivity index (χ3v) is 9.64. The molecule has 4 aromatic rings. The van der Waals surface area contributed by atoms with Gasteiger partial charge in [0.15, 0.2) is 0 Å². The van der Waals surface area contributed by atoms with E-state index in [4.69, 9.17) is 0 Å². The van der Waals surface area contributed by atoms with E-state index >= 15 is 0 Å². The molecule has 0 unspecified atom stereocenters. The average molecular weight is 473 g/mol. The molecule has 2 nitrogen and oxygen atoms in total. The Bertz CT molecular complexity index is 1250. The van der Waals surface area contributed by atoms with Crippen LogP contribution in [0.4, 0.5) is 0 Å². The minimum absolute atomic E-state index is 0.0112. The lowest BCUT2D eigenvalue weighted by molar-refractivity contribution is 0.0494. The molecule has 0 bridgehead atoms. The van der Waals surface area contributed by atoms with Gasteiger partial charge in [-0.2, -0.15) is 0 Å². The van der Waals surface area contributed by atoms with Crippen LogP contribution in [0.3, 0.4) is 0 Å². The standard InChI is InChI=1S/C34H32O2/c35-21-33(28-17-7-3-13-24(28)25-14-4-8-18-29(25)33)32(23-11-1-2-12-23)34(22-36)30-19-9-5-15-26(30)27-16-6-10-20-31(27)34/h3-10,13-20,23,32,35-36H,1-2,11-12,21-22H2. The summed E-state index contributed by atoms with van der Waals surface area (Å²) in [6.07, 6.45) is 4.67. The van der Waals surface area contributed by atoms with Gasteiger partial charge in [0.05, 0.1) is 13.2 Å². The normalized spacial score (nSPS) is 18.6. The van der Waals surface area contributed by atoms with Crippen LogP contribution in [-0.4, -0.2) is 23.4 Å². The van der Waals surface area contributed by atoms with Crippen molar-refractivity contribution in [2.75, 3.05) is 13.2 Å².